The highest BCUT2D eigenvalue weighted by molar-refractivity contribution is 9.10. The van der Waals surface area contributed by atoms with Gasteiger partial charge in [0.1, 0.15) is 11.9 Å². The van der Waals surface area contributed by atoms with Crippen LogP contribution < -0.4 is 0 Å². The van der Waals surface area contributed by atoms with Gasteiger partial charge in [-0.25, -0.2) is 4.39 Å². The van der Waals surface area contributed by atoms with E-state index in [0.717, 1.165) is 0 Å². The van der Waals surface area contributed by atoms with Crippen LogP contribution in [0.2, 0.25) is 0 Å². The first-order chi connectivity index (χ1) is 7.10. The highest BCUT2D eigenvalue weighted by atomic mass is 79.9. The van der Waals surface area contributed by atoms with Crippen molar-refractivity contribution in [2.75, 3.05) is 7.11 Å². The topological polar surface area (TPSA) is 50.1 Å². The van der Waals surface area contributed by atoms with Gasteiger partial charge in [0.2, 0.25) is 0 Å². The van der Waals surface area contributed by atoms with Gasteiger partial charge in [0, 0.05) is 5.56 Å². The summed E-state index contributed by atoms with van der Waals surface area (Å²) < 4.78 is 18.0. The second kappa shape index (κ2) is 4.89. The molecule has 0 radical (unpaired) electrons. The van der Waals surface area contributed by atoms with Crippen LogP contribution >= 0.6 is 15.9 Å². The molecule has 1 rings (SSSR count). The predicted molar refractivity (Wildman–Crippen MR) is 54.5 cm³/mol. The van der Waals surface area contributed by atoms with Crippen LogP contribution in [-0.4, -0.2) is 13.1 Å². The molecule has 3 nitrogen and oxygen atoms in total. The quantitative estimate of drug-likeness (QED) is 0.775. The van der Waals surface area contributed by atoms with Gasteiger partial charge in [-0.15, -0.1) is 0 Å². The van der Waals surface area contributed by atoms with Gasteiger partial charge in [0.15, 0.2) is 0 Å². The summed E-state index contributed by atoms with van der Waals surface area (Å²) in [7, 11) is 1.24. The summed E-state index contributed by atoms with van der Waals surface area (Å²) in [5.41, 5.74) is 0.397. The number of rotatable bonds is 2. The monoisotopic (exact) mass is 271 g/mol. The molecular weight excluding hydrogens is 265 g/mol. The average Bonchev–Trinajstić information content (AvgIpc) is 2.25. The van der Waals surface area contributed by atoms with Crippen LogP contribution in [0.15, 0.2) is 16.6 Å². The van der Waals surface area contributed by atoms with Gasteiger partial charge >= 0.3 is 5.97 Å². The summed E-state index contributed by atoms with van der Waals surface area (Å²) >= 11 is 2.95. The van der Waals surface area contributed by atoms with Crippen molar-refractivity contribution in [3.8, 4) is 6.07 Å². The van der Waals surface area contributed by atoms with E-state index in [1.807, 2.05) is 6.07 Å². The van der Waals surface area contributed by atoms with Crippen molar-refractivity contribution < 1.29 is 13.9 Å². The fourth-order valence-electron chi connectivity index (χ4n) is 1.04. The maximum Gasteiger partial charge on any atom is 0.310 e. The molecule has 0 fully saturated rings. The van der Waals surface area contributed by atoms with E-state index in [9.17, 15) is 9.18 Å². The molecule has 0 heterocycles. The molecule has 0 saturated carbocycles. The van der Waals surface area contributed by atoms with Gasteiger partial charge in [-0.3, -0.25) is 4.79 Å². The maximum absolute atomic E-state index is 13.5. The molecule has 0 atom stereocenters. The number of hydrogen-bond acceptors (Lipinski definition) is 3. The third-order valence-corrected chi connectivity index (χ3v) is 2.62. The Hall–Kier alpha value is -1.41. The van der Waals surface area contributed by atoms with Gasteiger partial charge in [0.05, 0.1) is 23.6 Å². The summed E-state index contributed by atoms with van der Waals surface area (Å²) in [6.45, 7) is 0. The van der Waals surface area contributed by atoms with Gasteiger partial charge in [-0.05, 0) is 22.0 Å². The van der Waals surface area contributed by atoms with E-state index in [-0.39, 0.29) is 22.0 Å². The summed E-state index contributed by atoms with van der Waals surface area (Å²) in [6, 6.07) is 4.68. The Labute approximate surface area is 94.6 Å². The number of esters is 1. The third-order valence-electron chi connectivity index (χ3n) is 1.85. The molecule has 0 aromatic heterocycles. The van der Waals surface area contributed by atoms with E-state index >= 15 is 0 Å². The van der Waals surface area contributed by atoms with Crippen LogP contribution in [-0.2, 0) is 16.0 Å². The van der Waals surface area contributed by atoms with Gasteiger partial charge in [-0.1, -0.05) is 6.07 Å². The molecule has 0 bridgehead atoms. The number of methoxy groups -OCH3 is 1. The Morgan fingerprint density at radius 2 is 2.33 bits per heavy atom. The zero-order chi connectivity index (χ0) is 11.4. The second-order valence-electron chi connectivity index (χ2n) is 2.76. The van der Waals surface area contributed by atoms with Crippen LogP contribution in [0.1, 0.15) is 11.1 Å². The number of benzene rings is 1. The van der Waals surface area contributed by atoms with E-state index in [2.05, 4.69) is 20.7 Å². The Bertz CT molecular complexity index is 440. The molecule has 5 heteroatoms. The number of hydrogen-bond donors (Lipinski definition) is 0. The van der Waals surface area contributed by atoms with E-state index in [1.165, 1.54) is 19.2 Å². The second-order valence-corrected chi connectivity index (χ2v) is 3.56. The lowest BCUT2D eigenvalue weighted by Crippen LogP contribution is -2.06. The third kappa shape index (κ3) is 2.54. The lowest BCUT2D eigenvalue weighted by molar-refractivity contribution is -0.139. The van der Waals surface area contributed by atoms with Crippen molar-refractivity contribution in [1.29, 1.82) is 5.26 Å². The number of carbonyl (C=O) groups is 1. The number of halogens is 2. The molecule has 0 amide bonds. The first-order valence-corrected chi connectivity index (χ1v) is 4.83. The van der Waals surface area contributed by atoms with Crippen LogP contribution in [0, 0.1) is 17.1 Å². The molecule has 0 aliphatic carbocycles. The largest absolute Gasteiger partial charge is 0.469 e. The highest BCUT2D eigenvalue weighted by Gasteiger charge is 2.13. The highest BCUT2D eigenvalue weighted by Crippen LogP contribution is 2.23. The molecule has 1 aromatic rings. The average molecular weight is 272 g/mol. The lowest BCUT2D eigenvalue weighted by atomic mass is 10.1. The fraction of sp³-hybridized carbons (Fsp3) is 0.200. The molecule has 78 valence electrons. The Morgan fingerprint density at radius 3 is 2.87 bits per heavy atom. The van der Waals surface area contributed by atoms with Gasteiger partial charge in [0.25, 0.3) is 0 Å². The molecule has 0 unspecified atom stereocenters. The first kappa shape index (κ1) is 11.7. The molecular formula is C10H7BrFNO2. The molecule has 15 heavy (non-hydrogen) atoms. The van der Waals surface area contributed by atoms with Gasteiger partial charge in [-0.2, -0.15) is 5.26 Å². The van der Waals surface area contributed by atoms with Gasteiger partial charge < -0.3 is 4.74 Å². The minimum absolute atomic E-state index is 0.0754. The summed E-state index contributed by atoms with van der Waals surface area (Å²) in [4.78, 5) is 10.9. The van der Waals surface area contributed by atoms with Crippen molar-refractivity contribution in [3.05, 3.63) is 33.5 Å². The number of nitriles is 1. The van der Waals surface area contributed by atoms with Crippen molar-refractivity contribution >= 4 is 21.9 Å². The Balaban J connectivity index is 3.08. The van der Waals surface area contributed by atoms with E-state index in [0.29, 0.717) is 0 Å². The Morgan fingerprint density at radius 1 is 1.67 bits per heavy atom. The number of nitrogens with zero attached hydrogens (tertiary/aromatic N) is 1. The smallest absolute Gasteiger partial charge is 0.310 e. The van der Waals surface area contributed by atoms with Crippen LogP contribution in [0.5, 0.6) is 0 Å². The normalized spacial score (nSPS) is 9.47. The summed E-state index contributed by atoms with van der Waals surface area (Å²) in [5, 5.41) is 8.62. The van der Waals surface area contributed by atoms with Crippen molar-refractivity contribution in [2.24, 2.45) is 0 Å². The first-order valence-electron chi connectivity index (χ1n) is 4.04. The number of carbonyl (C=O) groups excluding carboxylic acids is 1. The van der Waals surface area contributed by atoms with Crippen LogP contribution in [0.4, 0.5) is 4.39 Å². The molecule has 1 aromatic carbocycles. The zero-order valence-corrected chi connectivity index (χ0v) is 9.47. The van der Waals surface area contributed by atoms with E-state index < -0.39 is 11.8 Å². The Kier molecular flexibility index (Phi) is 3.81. The van der Waals surface area contributed by atoms with E-state index in [1.54, 1.807) is 0 Å². The zero-order valence-electron chi connectivity index (χ0n) is 7.88. The molecule has 0 N–H and O–H groups in total. The van der Waals surface area contributed by atoms with E-state index in [4.69, 9.17) is 5.26 Å². The molecule has 0 aliphatic rings. The summed E-state index contributed by atoms with van der Waals surface area (Å²) in [6.07, 6.45) is -0.146. The standard InChI is InChI=1S/C10H7BrFNO2/c1-15-8(14)4-6-2-3-7(5-13)9(11)10(6)12/h2-3H,4H2,1H3. The number of ether oxygens (including phenoxy) is 1. The minimum Gasteiger partial charge on any atom is -0.469 e. The fourth-order valence-corrected chi connectivity index (χ4v) is 1.52. The minimum atomic E-state index is -0.598. The molecule has 0 spiro atoms. The SMILES string of the molecule is COC(=O)Cc1ccc(C#N)c(Br)c1F. The summed E-state index contributed by atoms with van der Waals surface area (Å²) in [5.74, 6) is -1.12. The van der Waals surface area contributed by atoms with Crippen molar-refractivity contribution in [2.45, 2.75) is 6.42 Å². The molecule has 0 aliphatic heterocycles. The van der Waals surface area contributed by atoms with Crippen LogP contribution in [0.3, 0.4) is 0 Å². The maximum atomic E-state index is 13.5. The van der Waals surface area contributed by atoms with Crippen molar-refractivity contribution in [3.63, 3.8) is 0 Å². The predicted octanol–water partition coefficient (Wildman–Crippen LogP) is 2.18. The van der Waals surface area contributed by atoms with Crippen molar-refractivity contribution in [1.82, 2.24) is 0 Å². The molecule has 0 saturated heterocycles. The lowest BCUT2D eigenvalue weighted by Gasteiger charge is -2.04. The van der Waals surface area contributed by atoms with Crippen LogP contribution in [0.25, 0.3) is 0 Å².